The van der Waals surface area contributed by atoms with Crippen LogP contribution in [0.5, 0.6) is 11.6 Å². The molecule has 4 rings (SSSR count). The van der Waals surface area contributed by atoms with Gasteiger partial charge in [-0.2, -0.15) is 9.78 Å². The fourth-order valence-electron chi connectivity index (χ4n) is 2.80. The van der Waals surface area contributed by atoms with Crippen molar-refractivity contribution in [2.75, 3.05) is 19.5 Å². The van der Waals surface area contributed by atoms with E-state index in [1.807, 2.05) is 25.1 Å². The molecule has 0 unspecified atom stereocenters. The Kier molecular flexibility index (Phi) is 4.47. The Morgan fingerprint density at radius 3 is 2.75 bits per heavy atom. The van der Waals surface area contributed by atoms with Gasteiger partial charge in [0.05, 0.1) is 30.1 Å². The van der Waals surface area contributed by atoms with Crippen molar-refractivity contribution in [2.24, 2.45) is 7.05 Å². The lowest BCUT2D eigenvalue weighted by atomic mass is 10.3. The molecule has 3 heterocycles. The lowest BCUT2D eigenvalue weighted by Gasteiger charge is -2.06. The number of fused-ring (bicyclic) bond motifs is 1. The highest BCUT2D eigenvalue weighted by molar-refractivity contribution is 7.20. The molecule has 144 valence electrons. The predicted octanol–water partition coefficient (Wildman–Crippen LogP) is 2.79. The van der Waals surface area contributed by atoms with E-state index >= 15 is 0 Å². The third kappa shape index (κ3) is 3.18. The monoisotopic (exact) mass is 398 g/mol. The SMILES string of the molecule is COc1ccc2nc(-n3nc(C)cc3NC(=O)c3cn(C)nc3OC)sc2c1. The van der Waals surface area contributed by atoms with E-state index in [2.05, 4.69) is 20.5 Å². The summed E-state index contributed by atoms with van der Waals surface area (Å²) in [6, 6.07) is 7.46. The summed E-state index contributed by atoms with van der Waals surface area (Å²) in [5.41, 5.74) is 1.93. The molecule has 1 amide bonds. The summed E-state index contributed by atoms with van der Waals surface area (Å²) < 4.78 is 14.5. The van der Waals surface area contributed by atoms with Crippen LogP contribution in [0.4, 0.5) is 5.82 Å². The molecule has 0 bridgehead atoms. The van der Waals surface area contributed by atoms with Crippen molar-refractivity contribution in [3.05, 3.63) is 41.7 Å². The highest BCUT2D eigenvalue weighted by Crippen LogP contribution is 2.30. The molecule has 0 atom stereocenters. The fourth-order valence-corrected chi connectivity index (χ4v) is 3.76. The Bertz CT molecular complexity index is 1180. The average Bonchev–Trinajstić information content (AvgIpc) is 3.36. The molecule has 0 aliphatic heterocycles. The molecule has 1 N–H and O–H groups in total. The van der Waals surface area contributed by atoms with E-state index in [1.54, 1.807) is 31.1 Å². The summed E-state index contributed by atoms with van der Waals surface area (Å²) in [5, 5.41) is 12.1. The fraction of sp³-hybridized carbons (Fsp3) is 0.222. The lowest BCUT2D eigenvalue weighted by molar-refractivity contribution is 0.102. The van der Waals surface area contributed by atoms with E-state index in [4.69, 9.17) is 9.47 Å². The van der Waals surface area contributed by atoms with Crippen molar-refractivity contribution < 1.29 is 14.3 Å². The molecule has 0 saturated heterocycles. The summed E-state index contributed by atoms with van der Waals surface area (Å²) in [6.45, 7) is 1.85. The molecule has 0 aliphatic rings. The number of methoxy groups -OCH3 is 2. The van der Waals surface area contributed by atoms with Gasteiger partial charge >= 0.3 is 0 Å². The highest BCUT2D eigenvalue weighted by Gasteiger charge is 2.20. The maximum absolute atomic E-state index is 12.7. The molecule has 0 aliphatic carbocycles. The van der Waals surface area contributed by atoms with Crippen LogP contribution in [0.1, 0.15) is 16.1 Å². The van der Waals surface area contributed by atoms with E-state index in [0.717, 1.165) is 21.7 Å². The van der Waals surface area contributed by atoms with Gasteiger partial charge in [0.1, 0.15) is 17.1 Å². The van der Waals surface area contributed by atoms with Gasteiger partial charge < -0.3 is 14.8 Å². The Hall–Kier alpha value is -3.40. The number of rotatable bonds is 5. The molecule has 0 radical (unpaired) electrons. The van der Waals surface area contributed by atoms with Gasteiger partial charge in [0.25, 0.3) is 5.91 Å². The minimum atomic E-state index is -0.339. The van der Waals surface area contributed by atoms with Crippen molar-refractivity contribution in [2.45, 2.75) is 6.92 Å². The first-order chi connectivity index (χ1) is 13.5. The summed E-state index contributed by atoms with van der Waals surface area (Å²) in [4.78, 5) is 17.4. The first-order valence-electron chi connectivity index (χ1n) is 8.39. The van der Waals surface area contributed by atoms with Crippen LogP contribution in [0, 0.1) is 6.92 Å². The normalized spacial score (nSPS) is 11.0. The van der Waals surface area contributed by atoms with Crippen LogP contribution in [-0.4, -0.2) is 44.7 Å². The minimum Gasteiger partial charge on any atom is -0.497 e. The zero-order valence-electron chi connectivity index (χ0n) is 15.8. The average molecular weight is 398 g/mol. The van der Waals surface area contributed by atoms with E-state index in [0.29, 0.717) is 16.5 Å². The van der Waals surface area contributed by atoms with E-state index in [9.17, 15) is 4.79 Å². The number of anilines is 1. The quantitative estimate of drug-likeness (QED) is 0.555. The number of hydrogen-bond donors (Lipinski definition) is 1. The molecule has 4 aromatic rings. The van der Waals surface area contributed by atoms with Gasteiger partial charge in [-0.15, -0.1) is 5.10 Å². The van der Waals surface area contributed by atoms with Gasteiger partial charge in [0.15, 0.2) is 0 Å². The second kappa shape index (κ2) is 6.97. The van der Waals surface area contributed by atoms with Gasteiger partial charge in [-0.3, -0.25) is 9.48 Å². The molecule has 3 aromatic heterocycles. The predicted molar refractivity (Wildman–Crippen MR) is 106 cm³/mol. The van der Waals surface area contributed by atoms with Crippen molar-refractivity contribution in [3.63, 3.8) is 0 Å². The van der Waals surface area contributed by atoms with Crippen LogP contribution < -0.4 is 14.8 Å². The minimum absolute atomic E-state index is 0.259. The van der Waals surface area contributed by atoms with Crippen LogP contribution in [-0.2, 0) is 7.05 Å². The Morgan fingerprint density at radius 2 is 2.00 bits per heavy atom. The van der Waals surface area contributed by atoms with Crippen LogP contribution in [0.3, 0.4) is 0 Å². The molecular formula is C18H18N6O3S. The molecule has 0 spiro atoms. The number of nitrogens with one attached hydrogen (secondary N) is 1. The number of carbonyl (C=O) groups is 1. The van der Waals surface area contributed by atoms with Gasteiger partial charge in [0, 0.05) is 19.3 Å². The van der Waals surface area contributed by atoms with Crippen LogP contribution in [0.2, 0.25) is 0 Å². The van der Waals surface area contributed by atoms with Gasteiger partial charge in [0.2, 0.25) is 11.0 Å². The summed E-state index contributed by atoms with van der Waals surface area (Å²) in [7, 11) is 4.83. The molecule has 9 nitrogen and oxygen atoms in total. The highest BCUT2D eigenvalue weighted by atomic mass is 32.1. The van der Waals surface area contributed by atoms with Crippen molar-refractivity contribution in [1.29, 1.82) is 0 Å². The first-order valence-corrected chi connectivity index (χ1v) is 9.20. The standard InChI is InChI=1S/C18H18N6O3S/c1-10-7-15(20-16(25)12-9-23(2)22-17(12)27-4)24(21-10)18-19-13-6-5-11(26-3)8-14(13)28-18/h5-9H,1-4H3,(H,20,25). The molecule has 10 heteroatoms. The van der Waals surface area contributed by atoms with Crippen molar-refractivity contribution in [3.8, 4) is 16.8 Å². The second-order valence-electron chi connectivity index (χ2n) is 6.09. The zero-order valence-corrected chi connectivity index (χ0v) is 16.6. The number of nitrogens with zero attached hydrogens (tertiary/aromatic N) is 5. The number of amides is 1. The zero-order chi connectivity index (χ0) is 19.8. The number of thiazole rings is 1. The molecule has 0 fully saturated rings. The third-order valence-corrected chi connectivity index (χ3v) is 5.07. The van der Waals surface area contributed by atoms with Gasteiger partial charge in [-0.25, -0.2) is 4.98 Å². The number of hydrogen-bond acceptors (Lipinski definition) is 7. The Balaban J connectivity index is 1.70. The van der Waals surface area contributed by atoms with E-state index in [-0.39, 0.29) is 11.8 Å². The summed E-state index contributed by atoms with van der Waals surface area (Å²) >= 11 is 1.46. The van der Waals surface area contributed by atoms with Crippen LogP contribution in [0.25, 0.3) is 15.3 Å². The second-order valence-corrected chi connectivity index (χ2v) is 7.10. The topological polar surface area (TPSA) is 96.1 Å². The number of ether oxygens (including phenoxy) is 2. The maximum atomic E-state index is 12.7. The smallest absolute Gasteiger partial charge is 0.263 e. The summed E-state index contributed by atoms with van der Waals surface area (Å²) in [5.74, 6) is 1.19. The lowest BCUT2D eigenvalue weighted by Crippen LogP contribution is -2.15. The van der Waals surface area contributed by atoms with Crippen LogP contribution >= 0.6 is 11.3 Å². The molecular weight excluding hydrogens is 380 g/mol. The van der Waals surface area contributed by atoms with Gasteiger partial charge in [-0.1, -0.05) is 11.3 Å². The summed E-state index contributed by atoms with van der Waals surface area (Å²) in [6.07, 6.45) is 1.60. The number of carbonyl (C=O) groups excluding carboxylic acids is 1. The van der Waals surface area contributed by atoms with Gasteiger partial charge in [-0.05, 0) is 25.1 Å². The third-order valence-electron chi connectivity index (χ3n) is 4.07. The number of aryl methyl sites for hydroxylation is 2. The number of aromatic nitrogens is 5. The van der Waals surface area contributed by atoms with Crippen molar-refractivity contribution >= 4 is 33.3 Å². The van der Waals surface area contributed by atoms with E-state index in [1.165, 1.54) is 23.1 Å². The van der Waals surface area contributed by atoms with Crippen molar-refractivity contribution in [1.82, 2.24) is 24.5 Å². The molecule has 1 aromatic carbocycles. The Morgan fingerprint density at radius 1 is 1.18 bits per heavy atom. The largest absolute Gasteiger partial charge is 0.497 e. The maximum Gasteiger partial charge on any atom is 0.263 e. The van der Waals surface area contributed by atoms with E-state index < -0.39 is 0 Å². The molecule has 28 heavy (non-hydrogen) atoms. The Labute approximate surface area is 164 Å². The van der Waals surface area contributed by atoms with Crippen LogP contribution in [0.15, 0.2) is 30.5 Å². The number of benzene rings is 1. The molecule has 0 saturated carbocycles. The first kappa shape index (κ1) is 18.0.